The lowest BCUT2D eigenvalue weighted by Gasteiger charge is -2.24. The number of rotatable bonds is 0. The molecule has 74 valence electrons. The lowest BCUT2D eigenvalue weighted by Crippen LogP contribution is -2.38. The third-order valence-corrected chi connectivity index (χ3v) is 1.87. The van der Waals surface area contributed by atoms with Crippen molar-refractivity contribution in [2.75, 3.05) is 6.54 Å². The monoisotopic (exact) mass is 204 g/mol. The Bertz CT molecular complexity index is 529. The van der Waals surface area contributed by atoms with Crippen LogP contribution in [0.25, 0.3) is 0 Å². The SMILES string of the molecule is N#Cc1nc2n(c1C#N)C(O)(O)CN=N2. The lowest BCUT2D eigenvalue weighted by molar-refractivity contribution is -0.221. The Balaban J connectivity index is 2.78. The van der Waals surface area contributed by atoms with Crippen LogP contribution in [-0.2, 0) is 5.91 Å². The first-order chi connectivity index (χ1) is 7.10. The van der Waals surface area contributed by atoms with E-state index < -0.39 is 12.5 Å². The van der Waals surface area contributed by atoms with E-state index in [0.29, 0.717) is 0 Å². The highest BCUT2D eigenvalue weighted by Crippen LogP contribution is 2.28. The van der Waals surface area contributed by atoms with Gasteiger partial charge in [-0.25, -0.2) is 4.57 Å². The molecular formula is C7H4N6O2. The van der Waals surface area contributed by atoms with Crippen molar-refractivity contribution in [1.29, 1.82) is 10.5 Å². The molecule has 0 fully saturated rings. The molecule has 1 aromatic rings. The molecule has 2 N–H and O–H groups in total. The Morgan fingerprint density at radius 1 is 1.33 bits per heavy atom. The fourth-order valence-electron chi connectivity index (χ4n) is 1.26. The number of imidazole rings is 1. The van der Waals surface area contributed by atoms with Gasteiger partial charge in [-0.2, -0.15) is 20.6 Å². The second kappa shape index (κ2) is 2.85. The van der Waals surface area contributed by atoms with Crippen LogP contribution >= 0.6 is 0 Å². The Morgan fingerprint density at radius 3 is 2.67 bits per heavy atom. The lowest BCUT2D eigenvalue weighted by atomic mass is 10.3. The highest BCUT2D eigenvalue weighted by Gasteiger charge is 2.36. The standard InChI is InChI=1S/C7H4N6O2/c8-1-4-5(2-9)13-6(11-4)12-10-3-7(13,14)15/h14-15H,3H2. The fourth-order valence-corrected chi connectivity index (χ4v) is 1.26. The van der Waals surface area contributed by atoms with Crippen LogP contribution in [0.1, 0.15) is 11.4 Å². The Kier molecular flexibility index (Phi) is 1.76. The number of hydrogen-bond donors (Lipinski definition) is 2. The third kappa shape index (κ3) is 1.17. The average Bonchev–Trinajstić information content (AvgIpc) is 2.56. The van der Waals surface area contributed by atoms with Gasteiger partial charge in [0.15, 0.2) is 11.4 Å². The molecule has 1 aliphatic rings. The van der Waals surface area contributed by atoms with Crippen LogP contribution in [0.15, 0.2) is 10.2 Å². The molecule has 0 unspecified atom stereocenters. The predicted molar refractivity (Wildman–Crippen MR) is 43.5 cm³/mol. The maximum atomic E-state index is 9.51. The van der Waals surface area contributed by atoms with E-state index >= 15 is 0 Å². The van der Waals surface area contributed by atoms with Crippen molar-refractivity contribution in [2.24, 2.45) is 10.2 Å². The van der Waals surface area contributed by atoms with Gasteiger partial charge in [-0.05, 0) is 0 Å². The Morgan fingerprint density at radius 2 is 2.07 bits per heavy atom. The second-order valence-electron chi connectivity index (χ2n) is 2.84. The van der Waals surface area contributed by atoms with Gasteiger partial charge < -0.3 is 10.2 Å². The van der Waals surface area contributed by atoms with E-state index in [1.54, 1.807) is 12.1 Å². The second-order valence-corrected chi connectivity index (χ2v) is 2.84. The molecule has 0 radical (unpaired) electrons. The Labute approximate surface area is 83.3 Å². The number of azo groups is 1. The molecule has 0 saturated carbocycles. The summed E-state index contributed by atoms with van der Waals surface area (Å²) in [5.41, 5.74) is -0.447. The molecule has 2 rings (SSSR count). The van der Waals surface area contributed by atoms with Crippen LogP contribution in [-0.4, -0.2) is 26.3 Å². The smallest absolute Gasteiger partial charge is 0.276 e. The van der Waals surface area contributed by atoms with Gasteiger partial charge in [-0.1, -0.05) is 0 Å². The van der Waals surface area contributed by atoms with Crippen molar-refractivity contribution in [1.82, 2.24) is 9.55 Å². The average molecular weight is 204 g/mol. The molecule has 2 heterocycles. The minimum atomic E-state index is -2.36. The van der Waals surface area contributed by atoms with Crippen molar-refractivity contribution in [3.8, 4) is 12.1 Å². The summed E-state index contributed by atoms with van der Waals surface area (Å²) in [7, 11) is 0. The largest absolute Gasteiger partial charge is 0.347 e. The molecule has 0 aromatic carbocycles. The maximum Gasteiger partial charge on any atom is 0.276 e. The molecular weight excluding hydrogens is 200 g/mol. The summed E-state index contributed by atoms with van der Waals surface area (Å²) in [5, 5.41) is 43.4. The third-order valence-electron chi connectivity index (χ3n) is 1.87. The number of aromatic nitrogens is 2. The van der Waals surface area contributed by atoms with Crippen molar-refractivity contribution < 1.29 is 10.2 Å². The van der Waals surface area contributed by atoms with Crippen LogP contribution in [0.2, 0.25) is 0 Å². The van der Waals surface area contributed by atoms with E-state index in [1.165, 1.54) is 0 Å². The predicted octanol–water partition coefficient (Wildman–Crippen LogP) is -0.681. The highest BCUT2D eigenvalue weighted by molar-refractivity contribution is 5.44. The number of aliphatic hydroxyl groups is 2. The normalized spacial score (nSPS) is 16.5. The fraction of sp³-hybridized carbons (Fsp3) is 0.286. The molecule has 8 heteroatoms. The summed E-state index contributed by atoms with van der Waals surface area (Å²) in [6, 6.07) is 3.33. The van der Waals surface area contributed by atoms with E-state index in [0.717, 1.165) is 4.57 Å². The van der Waals surface area contributed by atoms with E-state index in [4.69, 9.17) is 10.5 Å². The molecule has 1 aliphatic heterocycles. The van der Waals surface area contributed by atoms with E-state index in [1.807, 2.05) is 0 Å². The van der Waals surface area contributed by atoms with Crippen molar-refractivity contribution in [3.05, 3.63) is 11.4 Å². The number of hydrogen-bond acceptors (Lipinski definition) is 7. The minimum Gasteiger partial charge on any atom is -0.347 e. The van der Waals surface area contributed by atoms with Gasteiger partial charge in [0.2, 0.25) is 0 Å². The van der Waals surface area contributed by atoms with Gasteiger partial charge in [-0.3, -0.25) is 0 Å². The Hall–Kier alpha value is -2.29. The molecule has 1 aromatic heterocycles. The molecule has 8 nitrogen and oxygen atoms in total. The molecule has 15 heavy (non-hydrogen) atoms. The summed E-state index contributed by atoms with van der Waals surface area (Å²) in [5.74, 6) is -2.52. The van der Waals surface area contributed by atoms with E-state index in [-0.39, 0.29) is 17.3 Å². The van der Waals surface area contributed by atoms with E-state index in [9.17, 15) is 10.2 Å². The first-order valence-electron chi connectivity index (χ1n) is 3.86. The number of fused-ring (bicyclic) bond motifs is 1. The summed E-state index contributed by atoms with van der Waals surface area (Å²) in [6.07, 6.45) is 0. The maximum absolute atomic E-state index is 9.51. The van der Waals surface area contributed by atoms with Crippen LogP contribution in [0.3, 0.4) is 0 Å². The first-order valence-corrected chi connectivity index (χ1v) is 3.86. The van der Waals surface area contributed by atoms with Crippen LogP contribution in [0.4, 0.5) is 5.95 Å². The molecule has 0 spiro atoms. The summed E-state index contributed by atoms with van der Waals surface area (Å²) in [6.45, 7) is -0.407. The van der Waals surface area contributed by atoms with Gasteiger partial charge in [0, 0.05) is 0 Å². The quantitative estimate of drug-likeness (QED) is 0.540. The molecule has 0 bridgehead atoms. The molecule has 0 aliphatic carbocycles. The summed E-state index contributed by atoms with van der Waals surface area (Å²) >= 11 is 0. The van der Waals surface area contributed by atoms with Crippen molar-refractivity contribution >= 4 is 5.95 Å². The summed E-state index contributed by atoms with van der Waals surface area (Å²) in [4.78, 5) is 3.63. The zero-order chi connectivity index (χ0) is 11.1. The zero-order valence-electron chi connectivity index (χ0n) is 7.28. The number of nitrogens with zero attached hydrogens (tertiary/aromatic N) is 6. The van der Waals surface area contributed by atoms with E-state index in [2.05, 4.69) is 15.2 Å². The van der Waals surface area contributed by atoms with Crippen LogP contribution in [0.5, 0.6) is 0 Å². The van der Waals surface area contributed by atoms with Gasteiger partial charge >= 0.3 is 0 Å². The van der Waals surface area contributed by atoms with Gasteiger partial charge in [-0.15, -0.1) is 5.11 Å². The molecule has 0 atom stereocenters. The minimum absolute atomic E-state index is 0.167. The van der Waals surface area contributed by atoms with Crippen molar-refractivity contribution in [3.63, 3.8) is 0 Å². The topological polar surface area (TPSA) is 131 Å². The highest BCUT2D eigenvalue weighted by atomic mass is 16.5. The number of nitriles is 2. The van der Waals surface area contributed by atoms with Crippen LogP contribution < -0.4 is 0 Å². The molecule has 0 saturated heterocycles. The van der Waals surface area contributed by atoms with Crippen molar-refractivity contribution in [2.45, 2.75) is 5.91 Å². The van der Waals surface area contributed by atoms with Gasteiger partial charge in [0.05, 0.1) is 0 Å². The first kappa shape index (κ1) is 9.27. The zero-order valence-corrected chi connectivity index (χ0v) is 7.28. The van der Waals surface area contributed by atoms with Crippen LogP contribution in [0, 0.1) is 22.7 Å². The van der Waals surface area contributed by atoms with Gasteiger partial charge in [0.1, 0.15) is 18.7 Å². The summed E-state index contributed by atoms with van der Waals surface area (Å²) < 4.78 is 0.776. The molecule has 0 amide bonds. The van der Waals surface area contributed by atoms with Gasteiger partial charge in [0.25, 0.3) is 11.9 Å².